The van der Waals surface area contributed by atoms with Crippen LogP contribution < -0.4 is 10.1 Å². The summed E-state index contributed by atoms with van der Waals surface area (Å²) in [4.78, 5) is 24.6. The lowest BCUT2D eigenvalue weighted by atomic mass is 10.2. The van der Waals surface area contributed by atoms with Crippen molar-refractivity contribution in [3.63, 3.8) is 0 Å². The SMILES string of the molecule is COc1ccc(C)cc1NC(=O)COC(=O)c1ccc(S(=O)(=O)N2CCCCCC2)cc1. The maximum atomic E-state index is 12.8. The van der Waals surface area contributed by atoms with Crippen molar-refractivity contribution in [2.45, 2.75) is 37.5 Å². The van der Waals surface area contributed by atoms with Crippen molar-refractivity contribution in [3.8, 4) is 5.75 Å². The van der Waals surface area contributed by atoms with Crippen LogP contribution in [0.25, 0.3) is 0 Å². The second-order valence-corrected chi connectivity index (χ2v) is 9.61. The minimum Gasteiger partial charge on any atom is -0.495 e. The van der Waals surface area contributed by atoms with E-state index in [9.17, 15) is 18.0 Å². The average molecular weight is 461 g/mol. The molecule has 3 rings (SSSR count). The van der Waals surface area contributed by atoms with Gasteiger partial charge in [-0.2, -0.15) is 4.31 Å². The van der Waals surface area contributed by atoms with E-state index in [2.05, 4.69) is 5.32 Å². The van der Waals surface area contributed by atoms with Gasteiger partial charge in [0.1, 0.15) is 5.75 Å². The number of hydrogen-bond donors (Lipinski definition) is 1. The number of aryl methyl sites for hydroxylation is 1. The molecule has 8 nitrogen and oxygen atoms in total. The number of methoxy groups -OCH3 is 1. The van der Waals surface area contributed by atoms with E-state index < -0.39 is 28.5 Å². The predicted octanol–water partition coefficient (Wildman–Crippen LogP) is 3.36. The minimum absolute atomic E-state index is 0.139. The van der Waals surface area contributed by atoms with Crippen LogP contribution >= 0.6 is 0 Å². The Bertz CT molecular complexity index is 1060. The number of amides is 1. The number of nitrogens with one attached hydrogen (secondary N) is 1. The van der Waals surface area contributed by atoms with Crippen LogP contribution in [0.5, 0.6) is 5.75 Å². The van der Waals surface area contributed by atoms with Gasteiger partial charge in [0.05, 0.1) is 23.3 Å². The number of carbonyl (C=O) groups excluding carboxylic acids is 2. The lowest BCUT2D eigenvalue weighted by Gasteiger charge is -2.20. The molecule has 0 saturated carbocycles. The molecule has 1 amide bonds. The number of anilines is 1. The van der Waals surface area contributed by atoms with Crippen molar-refractivity contribution in [2.24, 2.45) is 0 Å². The van der Waals surface area contributed by atoms with Gasteiger partial charge in [0.15, 0.2) is 6.61 Å². The van der Waals surface area contributed by atoms with Gasteiger partial charge in [-0.3, -0.25) is 4.79 Å². The van der Waals surface area contributed by atoms with E-state index in [1.54, 1.807) is 12.1 Å². The highest BCUT2D eigenvalue weighted by Crippen LogP contribution is 2.25. The third-order valence-electron chi connectivity index (χ3n) is 5.26. The number of hydrogen-bond acceptors (Lipinski definition) is 6. The minimum atomic E-state index is -3.59. The molecule has 1 fully saturated rings. The molecule has 0 aliphatic carbocycles. The Balaban J connectivity index is 1.59. The maximum Gasteiger partial charge on any atom is 0.338 e. The Morgan fingerprint density at radius 3 is 2.28 bits per heavy atom. The molecule has 0 atom stereocenters. The molecule has 1 aliphatic heterocycles. The monoisotopic (exact) mass is 460 g/mol. The van der Waals surface area contributed by atoms with Crippen molar-refractivity contribution in [1.82, 2.24) is 4.31 Å². The maximum absolute atomic E-state index is 12.8. The van der Waals surface area contributed by atoms with Gasteiger partial charge in [0.25, 0.3) is 5.91 Å². The normalized spacial score (nSPS) is 14.9. The highest BCUT2D eigenvalue weighted by molar-refractivity contribution is 7.89. The smallest absolute Gasteiger partial charge is 0.338 e. The fourth-order valence-corrected chi connectivity index (χ4v) is 5.03. The first kappa shape index (κ1) is 23.7. The molecule has 0 spiro atoms. The molecule has 0 bridgehead atoms. The largest absolute Gasteiger partial charge is 0.495 e. The van der Waals surface area contributed by atoms with Crippen molar-refractivity contribution in [2.75, 3.05) is 32.1 Å². The highest BCUT2D eigenvalue weighted by Gasteiger charge is 2.25. The zero-order valence-electron chi connectivity index (χ0n) is 18.3. The molecule has 1 saturated heterocycles. The number of sulfonamides is 1. The Morgan fingerprint density at radius 2 is 1.66 bits per heavy atom. The molecular formula is C23H28N2O6S. The number of esters is 1. The molecule has 2 aromatic rings. The molecule has 2 aromatic carbocycles. The lowest BCUT2D eigenvalue weighted by Crippen LogP contribution is -2.31. The summed E-state index contributed by atoms with van der Waals surface area (Å²) in [6, 6.07) is 10.9. The van der Waals surface area contributed by atoms with Gasteiger partial charge in [-0.15, -0.1) is 0 Å². The molecule has 0 radical (unpaired) electrons. The number of benzene rings is 2. The summed E-state index contributed by atoms with van der Waals surface area (Å²) < 4.78 is 37.4. The van der Waals surface area contributed by atoms with Crippen molar-refractivity contribution >= 4 is 27.6 Å². The summed E-state index contributed by atoms with van der Waals surface area (Å²) in [7, 11) is -2.10. The van der Waals surface area contributed by atoms with Gasteiger partial charge >= 0.3 is 5.97 Å². The summed E-state index contributed by atoms with van der Waals surface area (Å²) in [5.74, 6) is -0.728. The molecule has 32 heavy (non-hydrogen) atoms. The van der Waals surface area contributed by atoms with Crippen LogP contribution in [0.2, 0.25) is 0 Å². The molecule has 9 heteroatoms. The van der Waals surface area contributed by atoms with Crippen LogP contribution in [0.1, 0.15) is 41.6 Å². The molecule has 0 aromatic heterocycles. The average Bonchev–Trinajstić information content (AvgIpc) is 3.08. The van der Waals surface area contributed by atoms with E-state index in [0.717, 1.165) is 31.2 Å². The zero-order valence-corrected chi connectivity index (χ0v) is 19.1. The van der Waals surface area contributed by atoms with Crippen LogP contribution in [-0.2, 0) is 19.6 Å². The molecule has 1 N–H and O–H groups in total. The van der Waals surface area contributed by atoms with E-state index >= 15 is 0 Å². The Kier molecular flexibility index (Phi) is 7.87. The topological polar surface area (TPSA) is 102 Å². The fourth-order valence-electron chi connectivity index (χ4n) is 3.51. The highest BCUT2D eigenvalue weighted by atomic mass is 32.2. The number of ether oxygens (including phenoxy) is 2. The first-order valence-corrected chi connectivity index (χ1v) is 12.0. The molecule has 1 aliphatic rings. The first-order valence-electron chi connectivity index (χ1n) is 10.5. The molecule has 172 valence electrons. The van der Waals surface area contributed by atoms with Gasteiger partial charge in [-0.1, -0.05) is 18.9 Å². The van der Waals surface area contributed by atoms with Crippen LogP contribution in [-0.4, -0.2) is 51.4 Å². The fraction of sp³-hybridized carbons (Fsp3) is 0.391. The van der Waals surface area contributed by atoms with E-state index in [1.165, 1.54) is 35.7 Å². The molecular weight excluding hydrogens is 432 g/mol. The van der Waals surface area contributed by atoms with E-state index in [-0.39, 0.29) is 10.5 Å². The summed E-state index contributed by atoms with van der Waals surface area (Å²) in [5.41, 5.74) is 1.59. The van der Waals surface area contributed by atoms with Crippen LogP contribution in [0.4, 0.5) is 5.69 Å². The first-order chi connectivity index (χ1) is 15.3. The van der Waals surface area contributed by atoms with Crippen LogP contribution in [0.3, 0.4) is 0 Å². The third-order valence-corrected chi connectivity index (χ3v) is 7.17. The lowest BCUT2D eigenvalue weighted by molar-refractivity contribution is -0.119. The van der Waals surface area contributed by atoms with Crippen LogP contribution in [0.15, 0.2) is 47.4 Å². The summed E-state index contributed by atoms with van der Waals surface area (Å²) in [5, 5.41) is 2.65. The third kappa shape index (κ3) is 5.86. The predicted molar refractivity (Wildman–Crippen MR) is 120 cm³/mol. The Labute approximate surface area is 188 Å². The Hall–Kier alpha value is -2.91. The van der Waals surface area contributed by atoms with Crippen LogP contribution in [0, 0.1) is 6.92 Å². The van der Waals surface area contributed by atoms with Gasteiger partial charge in [0.2, 0.25) is 10.0 Å². The second kappa shape index (κ2) is 10.6. The quantitative estimate of drug-likeness (QED) is 0.636. The second-order valence-electron chi connectivity index (χ2n) is 7.67. The van der Waals surface area contributed by atoms with Gasteiger partial charge in [-0.25, -0.2) is 13.2 Å². The number of rotatable bonds is 7. The number of nitrogens with zero attached hydrogens (tertiary/aromatic N) is 1. The van der Waals surface area contributed by atoms with Crippen molar-refractivity contribution in [1.29, 1.82) is 0 Å². The van der Waals surface area contributed by atoms with Crippen molar-refractivity contribution < 1.29 is 27.5 Å². The summed E-state index contributed by atoms with van der Waals surface area (Å²) >= 11 is 0. The summed E-state index contributed by atoms with van der Waals surface area (Å²) in [6.45, 7) is 2.41. The van der Waals surface area contributed by atoms with E-state index in [4.69, 9.17) is 9.47 Å². The van der Waals surface area contributed by atoms with Gasteiger partial charge in [-0.05, 0) is 61.7 Å². The molecule has 0 unspecified atom stereocenters. The van der Waals surface area contributed by atoms with Crippen molar-refractivity contribution in [3.05, 3.63) is 53.6 Å². The zero-order chi connectivity index (χ0) is 23.1. The van der Waals surface area contributed by atoms with E-state index in [0.29, 0.717) is 24.5 Å². The van der Waals surface area contributed by atoms with E-state index in [1.807, 2.05) is 13.0 Å². The van der Waals surface area contributed by atoms with Gasteiger partial charge < -0.3 is 14.8 Å². The molecule has 1 heterocycles. The Morgan fingerprint density at radius 1 is 1.00 bits per heavy atom. The standard InChI is InChI=1S/C23H28N2O6S/c1-17-7-12-21(30-2)20(15-17)24-22(26)16-31-23(27)18-8-10-19(11-9-18)32(28,29)25-13-5-3-4-6-14-25/h7-12,15H,3-6,13-14,16H2,1-2H3,(H,24,26). The summed E-state index contributed by atoms with van der Waals surface area (Å²) in [6.07, 6.45) is 3.75. The van der Waals surface area contributed by atoms with Gasteiger partial charge in [0, 0.05) is 13.1 Å². The number of carbonyl (C=O) groups is 2.